The van der Waals surface area contributed by atoms with Crippen molar-refractivity contribution < 1.29 is 29.0 Å². The number of para-hydroxylation sites is 1. The zero-order valence-electron chi connectivity index (χ0n) is 33.6. The molecule has 0 spiro atoms. The molecule has 0 bridgehead atoms. The first-order chi connectivity index (χ1) is 26.6. The van der Waals surface area contributed by atoms with Crippen molar-refractivity contribution in [3.63, 3.8) is 0 Å². The summed E-state index contributed by atoms with van der Waals surface area (Å²) in [7, 11) is 0. The molecule has 2 unspecified atom stereocenters. The number of hydrogen-bond acceptors (Lipinski definition) is 7. The normalized spacial score (nSPS) is 17.8. The number of fused-ring (bicyclic) bond motifs is 3. The molecule has 0 radical (unpaired) electrons. The highest BCUT2D eigenvalue weighted by Crippen LogP contribution is 2.49. The van der Waals surface area contributed by atoms with Crippen molar-refractivity contribution in [1.82, 2.24) is 5.32 Å². The Morgan fingerprint density at radius 1 is 1.04 bits per heavy atom. The van der Waals surface area contributed by atoms with Crippen LogP contribution < -0.4 is 20.3 Å². The van der Waals surface area contributed by atoms with Gasteiger partial charge in [0.05, 0.1) is 12.5 Å². The van der Waals surface area contributed by atoms with E-state index in [1.165, 1.54) is 27.2 Å². The van der Waals surface area contributed by atoms with Crippen molar-refractivity contribution >= 4 is 47.2 Å². The first kappa shape index (κ1) is 40.7. The van der Waals surface area contributed by atoms with Crippen molar-refractivity contribution in [3.8, 4) is 5.75 Å². The van der Waals surface area contributed by atoms with Gasteiger partial charge in [-0.25, -0.2) is 4.79 Å². The van der Waals surface area contributed by atoms with Gasteiger partial charge in [0.2, 0.25) is 5.91 Å². The van der Waals surface area contributed by atoms with Crippen molar-refractivity contribution in [3.05, 3.63) is 112 Å². The summed E-state index contributed by atoms with van der Waals surface area (Å²) in [6.45, 7) is 14.7. The molecule has 0 saturated carbocycles. The minimum atomic E-state index is -0.788. The molecular formula is C46H55N3O6S. The number of allylic oxidation sites excluding steroid dienone is 3. The van der Waals surface area contributed by atoms with Crippen molar-refractivity contribution in [2.75, 3.05) is 16.8 Å². The Balaban J connectivity index is 1.11. The maximum atomic E-state index is 13.2. The summed E-state index contributed by atoms with van der Waals surface area (Å²) in [6, 6.07) is 21.5. The van der Waals surface area contributed by atoms with Crippen LogP contribution in [0, 0.1) is 5.92 Å². The van der Waals surface area contributed by atoms with Crippen LogP contribution in [-0.4, -0.2) is 47.3 Å². The van der Waals surface area contributed by atoms with Gasteiger partial charge in [-0.05, 0) is 117 Å². The molecule has 2 atom stereocenters. The van der Waals surface area contributed by atoms with E-state index in [0.29, 0.717) is 25.3 Å². The second kappa shape index (κ2) is 17.0. The number of carboxylic acids is 1. The molecule has 3 aliphatic rings. The Morgan fingerprint density at radius 3 is 2.50 bits per heavy atom. The van der Waals surface area contributed by atoms with Crippen molar-refractivity contribution in [1.29, 1.82) is 0 Å². The van der Waals surface area contributed by atoms with E-state index in [1.54, 1.807) is 32.5 Å². The van der Waals surface area contributed by atoms with E-state index in [4.69, 9.17) is 9.47 Å². The molecule has 2 amide bonds. The van der Waals surface area contributed by atoms with Crippen LogP contribution in [-0.2, 0) is 26.3 Å². The van der Waals surface area contributed by atoms with Crippen molar-refractivity contribution in [2.45, 2.75) is 115 Å². The molecule has 6 rings (SSSR count). The number of carbonyl (C=O) groups excluding carboxylic acids is 2. The lowest BCUT2D eigenvalue weighted by Crippen LogP contribution is -2.46. The number of nitrogens with zero attached hydrogens (tertiary/aromatic N) is 1. The fraction of sp³-hybridized carbons (Fsp3) is 0.413. The third-order valence-electron chi connectivity index (χ3n) is 10.4. The molecule has 0 fully saturated rings. The van der Waals surface area contributed by atoms with Crippen LogP contribution in [0.2, 0.25) is 0 Å². The summed E-state index contributed by atoms with van der Waals surface area (Å²) in [5.74, 6) is -0.113. The lowest BCUT2D eigenvalue weighted by atomic mass is 9.80. The predicted molar refractivity (Wildman–Crippen MR) is 225 cm³/mol. The molecule has 296 valence electrons. The number of alkyl carbamates (subject to hydrolysis) is 1. The molecule has 56 heavy (non-hydrogen) atoms. The SMILES string of the molecule is CC(C)CC(NC(=O)OC(C)(C)C)C(=O)Nc1ccc(COc2ccc3c(c2)SC2=C(C=CC4N(CCC(=O)O)c5ccccc5C4(C)C)CCCC2=C3)cc1. The number of hydrogen-bond donors (Lipinski definition) is 3. The van der Waals surface area contributed by atoms with Crippen LogP contribution >= 0.6 is 11.8 Å². The van der Waals surface area contributed by atoms with E-state index < -0.39 is 23.7 Å². The molecule has 0 saturated heterocycles. The number of carboxylic acid groups (broad SMARTS) is 1. The maximum Gasteiger partial charge on any atom is 0.408 e. The first-order valence-corrected chi connectivity index (χ1v) is 20.4. The summed E-state index contributed by atoms with van der Waals surface area (Å²) in [6.07, 6.45) is 9.97. The molecule has 3 aromatic carbocycles. The number of anilines is 2. The zero-order valence-corrected chi connectivity index (χ0v) is 34.4. The summed E-state index contributed by atoms with van der Waals surface area (Å²) >= 11 is 1.80. The Hall–Kier alpha value is -4.96. The second-order valence-corrected chi connectivity index (χ2v) is 17.9. The predicted octanol–water partition coefficient (Wildman–Crippen LogP) is 10.3. The molecule has 9 nitrogen and oxygen atoms in total. The van der Waals surface area contributed by atoms with E-state index in [2.05, 4.69) is 77.9 Å². The zero-order chi connectivity index (χ0) is 40.2. The number of rotatable bonds is 13. The van der Waals surface area contributed by atoms with Gasteiger partial charge in [0.15, 0.2) is 0 Å². The van der Waals surface area contributed by atoms with Gasteiger partial charge in [-0.1, -0.05) is 88.0 Å². The summed E-state index contributed by atoms with van der Waals surface area (Å²) in [5, 5.41) is 15.2. The Labute approximate surface area is 335 Å². The van der Waals surface area contributed by atoms with Crippen LogP contribution in [0.15, 0.2) is 99.8 Å². The standard InChI is InChI=1S/C46H55N3O6S/c1-29(2)25-37(48-44(53)55-45(3,4)5)43(52)47-34-19-15-30(16-20-34)28-54-35-21-17-32-26-33-12-10-11-31(42(33)56-39(32)27-35)18-22-40-46(6,7)36-13-8-9-14-38(36)49(40)24-23-41(50)51/h8-9,13-22,26-27,29,37,40H,10-12,23-25,28H2,1-7H3,(H,47,52)(H,48,53)(H,50,51). The third-order valence-corrected chi connectivity index (χ3v) is 11.7. The largest absolute Gasteiger partial charge is 0.489 e. The molecule has 2 heterocycles. The smallest absolute Gasteiger partial charge is 0.408 e. The molecule has 1 aliphatic carbocycles. The van der Waals surface area contributed by atoms with Gasteiger partial charge in [-0.2, -0.15) is 0 Å². The third kappa shape index (κ3) is 9.88. The number of nitrogens with one attached hydrogen (secondary N) is 2. The van der Waals surface area contributed by atoms with E-state index >= 15 is 0 Å². The van der Waals surface area contributed by atoms with Crippen LogP contribution in [0.3, 0.4) is 0 Å². The fourth-order valence-electron chi connectivity index (χ4n) is 7.67. The Bertz CT molecular complexity index is 2040. The van der Waals surface area contributed by atoms with Gasteiger partial charge in [0.25, 0.3) is 0 Å². The van der Waals surface area contributed by atoms with Gasteiger partial charge in [0, 0.05) is 33.1 Å². The van der Waals surface area contributed by atoms with Crippen LogP contribution in [0.5, 0.6) is 5.75 Å². The van der Waals surface area contributed by atoms with Gasteiger partial charge < -0.3 is 30.1 Å². The van der Waals surface area contributed by atoms with Crippen molar-refractivity contribution in [2.24, 2.45) is 5.92 Å². The van der Waals surface area contributed by atoms with Gasteiger partial charge in [-0.3, -0.25) is 9.59 Å². The lowest BCUT2D eigenvalue weighted by molar-refractivity contribution is -0.136. The molecule has 3 aromatic rings. The highest BCUT2D eigenvalue weighted by Gasteiger charge is 2.43. The first-order valence-electron chi connectivity index (χ1n) is 19.6. The second-order valence-electron chi connectivity index (χ2n) is 16.9. The molecule has 0 aromatic heterocycles. The summed E-state index contributed by atoms with van der Waals surface area (Å²) in [5.41, 5.74) is 6.99. The number of amides is 2. The lowest BCUT2D eigenvalue weighted by Gasteiger charge is -2.32. The number of ether oxygens (including phenoxy) is 2. The minimum Gasteiger partial charge on any atom is -0.489 e. The van der Waals surface area contributed by atoms with E-state index in [1.807, 2.05) is 50.2 Å². The quantitative estimate of drug-likeness (QED) is 0.157. The fourth-order valence-corrected chi connectivity index (χ4v) is 8.90. The van der Waals surface area contributed by atoms with Crippen LogP contribution in [0.1, 0.15) is 97.3 Å². The monoisotopic (exact) mass is 777 g/mol. The molecular weight excluding hydrogens is 723 g/mol. The highest BCUT2D eigenvalue weighted by atomic mass is 32.2. The average molecular weight is 778 g/mol. The minimum absolute atomic E-state index is 0.0379. The summed E-state index contributed by atoms with van der Waals surface area (Å²) in [4.78, 5) is 41.9. The average Bonchev–Trinajstić information content (AvgIpc) is 3.35. The maximum absolute atomic E-state index is 13.2. The molecule has 10 heteroatoms. The van der Waals surface area contributed by atoms with Gasteiger partial charge in [-0.15, -0.1) is 0 Å². The van der Waals surface area contributed by atoms with Crippen LogP contribution in [0.25, 0.3) is 6.08 Å². The summed E-state index contributed by atoms with van der Waals surface area (Å²) < 4.78 is 11.6. The number of thioether (sulfide) groups is 1. The number of benzene rings is 3. The topological polar surface area (TPSA) is 117 Å². The highest BCUT2D eigenvalue weighted by molar-refractivity contribution is 8.03. The Kier molecular flexibility index (Phi) is 12.4. The van der Waals surface area contributed by atoms with E-state index in [9.17, 15) is 19.5 Å². The molecule has 3 N–H and O–H groups in total. The van der Waals surface area contributed by atoms with E-state index in [0.717, 1.165) is 41.2 Å². The Morgan fingerprint density at radius 2 is 1.79 bits per heavy atom. The van der Waals surface area contributed by atoms with Gasteiger partial charge in [0.1, 0.15) is 24.0 Å². The number of carbonyl (C=O) groups is 3. The number of aliphatic carboxylic acids is 1. The van der Waals surface area contributed by atoms with Gasteiger partial charge >= 0.3 is 12.1 Å². The molecule has 2 aliphatic heterocycles. The van der Waals surface area contributed by atoms with Crippen LogP contribution in [0.4, 0.5) is 16.2 Å². The van der Waals surface area contributed by atoms with E-state index in [-0.39, 0.29) is 29.7 Å².